The van der Waals surface area contributed by atoms with E-state index >= 15 is 0 Å². The minimum atomic E-state index is -0.477. The molecule has 0 radical (unpaired) electrons. The fourth-order valence-electron chi connectivity index (χ4n) is 1.77. The van der Waals surface area contributed by atoms with Gasteiger partial charge >= 0.3 is 6.09 Å². The Balaban J connectivity index is 3.92. The van der Waals surface area contributed by atoms with Crippen molar-refractivity contribution in [1.29, 1.82) is 0 Å². The number of nitrogens with one attached hydrogen (secondary N) is 1. The second-order valence-corrected chi connectivity index (χ2v) is 5.81. The molecule has 0 saturated heterocycles. The number of rotatable bonds is 8. The Kier molecular flexibility index (Phi) is 8.71. The molecular weight excluding hydrogens is 244 g/mol. The number of hydrogen-bond donors (Lipinski definition) is 4. The first-order valence-corrected chi connectivity index (χ1v) is 6.92. The Morgan fingerprint density at radius 2 is 1.89 bits per heavy atom. The molecule has 0 aliphatic rings. The topological polar surface area (TPSA) is 116 Å². The van der Waals surface area contributed by atoms with Gasteiger partial charge in [-0.3, -0.25) is 0 Å². The quantitative estimate of drug-likeness (QED) is 0.515. The Morgan fingerprint density at radius 3 is 2.37 bits per heavy atom. The predicted molar refractivity (Wildman–Crippen MR) is 77.7 cm³/mol. The van der Waals surface area contributed by atoms with Crippen LogP contribution in [-0.2, 0) is 4.74 Å². The van der Waals surface area contributed by atoms with E-state index < -0.39 is 11.7 Å². The van der Waals surface area contributed by atoms with Crippen LogP contribution in [0.3, 0.4) is 0 Å². The number of carbonyl (C=O) groups is 1. The zero-order valence-electron chi connectivity index (χ0n) is 12.4. The molecule has 0 heterocycles. The smallest absolute Gasteiger partial charge is 0.407 e. The molecule has 0 fully saturated rings. The summed E-state index contributed by atoms with van der Waals surface area (Å²) in [5.74, 6) is 0.196. The third-order valence-electron chi connectivity index (χ3n) is 2.83. The van der Waals surface area contributed by atoms with E-state index in [0.717, 1.165) is 19.3 Å². The molecule has 19 heavy (non-hydrogen) atoms. The average Bonchev–Trinajstić information content (AvgIpc) is 2.29. The highest BCUT2D eigenvalue weighted by atomic mass is 16.6. The van der Waals surface area contributed by atoms with Gasteiger partial charge in [-0.25, -0.2) is 4.79 Å². The first kappa shape index (κ1) is 18.1. The maximum absolute atomic E-state index is 11.5. The summed E-state index contributed by atoms with van der Waals surface area (Å²) in [5, 5.41) is 2.72. The van der Waals surface area contributed by atoms with Gasteiger partial charge in [-0.05, 0) is 59.0 Å². The summed E-state index contributed by atoms with van der Waals surface area (Å²) >= 11 is 0. The van der Waals surface area contributed by atoms with E-state index in [-0.39, 0.29) is 12.0 Å². The molecule has 0 rings (SSSR count). The van der Waals surface area contributed by atoms with Crippen molar-refractivity contribution in [3.63, 3.8) is 0 Å². The van der Waals surface area contributed by atoms with Crippen molar-refractivity contribution in [3.05, 3.63) is 0 Å². The Morgan fingerprint density at radius 1 is 1.26 bits per heavy atom. The summed E-state index contributed by atoms with van der Waals surface area (Å²) in [6.07, 6.45) is 2.11. The molecule has 2 unspecified atom stereocenters. The van der Waals surface area contributed by atoms with Crippen LogP contribution < -0.4 is 22.5 Å². The van der Waals surface area contributed by atoms with Crippen molar-refractivity contribution in [1.82, 2.24) is 5.32 Å². The van der Waals surface area contributed by atoms with Crippen LogP contribution in [0.4, 0.5) is 4.79 Å². The van der Waals surface area contributed by atoms with E-state index in [9.17, 15) is 4.79 Å². The van der Waals surface area contributed by atoms with E-state index in [2.05, 4.69) is 5.32 Å². The lowest BCUT2D eigenvalue weighted by Gasteiger charge is -2.23. The third-order valence-corrected chi connectivity index (χ3v) is 2.83. The maximum atomic E-state index is 11.5. The van der Waals surface area contributed by atoms with Crippen molar-refractivity contribution in [3.8, 4) is 0 Å². The SMILES string of the molecule is CC(C)(C)OC(=O)NCCC(CN)C(N)CCCN. The summed E-state index contributed by atoms with van der Waals surface area (Å²) in [5.41, 5.74) is 16.7. The van der Waals surface area contributed by atoms with Gasteiger partial charge in [0.05, 0.1) is 0 Å². The standard InChI is InChI=1S/C13H30N4O2/c1-13(2,3)19-12(18)17-8-6-10(9-15)11(16)5-4-7-14/h10-11H,4-9,14-16H2,1-3H3,(H,17,18). The highest BCUT2D eigenvalue weighted by Crippen LogP contribution is 2.10. The summed E-state index contributed by atoms with van der Waals surface area (Å²) < 4.78 is 5.15. The van der Waals surface area contributed by atoms with Gasteiger partial charge < -0.3 is 27.3 Å². The Bertz CT molecular complexity index is 254. The number of hydrogen-bond acceptors (Lipinski definition) is 5. The molecule has 0 spiro atoms. The molecule has 0 bridgehead atoms. The van der Waals surface area contributed by atoms with Gasteiger partial charge in [0, 0.05) is 12.6 Å². The number of carbonyl (C=O) groups excluding carboxylic acids is 1. The average molecular weight is 274 g/mol. The summed E-state index contributed by atoms with van der Waals surface area (Å²) in [6, 6.07) is 0.0361. The van der Waals surface area contributed by atoms with Crippen LogP contribution in [-0.4, -0.2) is 37.4 Å². The second kappa shape index (κ2) is 9.12. The van der Waals surface area contributed by atoms with Crippen molar-refractivity contribution < 1.29 is 9.53 Å². The van der Waals surface area contributed by atoms with Crippen molar-refractivity contribution in [2.75, 3.05) is 19.6 Å². The third kappa shape index (κ3) is 9.69. The van der Waals surface area contributed by atoms with Crippen LogP contribution >= 0.6 is 0 Å². The molecule has 0 aliphatic carbocycles. The molecule has 0 aromatic carbocycles. The van der Waals surface area contributed by atoms with Gasteiger partial charge in [-0.15, -0.1) is 0 Å². The number of amides is 1. The highest BCUT2D eigenvalue weighted by Gasteiger charge is 2.18. The van der Waals surface area contributed by atoms with Gasteiger partial charge in [0.1, 0.15) is 5.60 Å². The minimum Gasteiger partial charge on any atom is -0.444 e. The molecule has 1 amide bonds. The lowest BCUT2D eigenvalue weighted by Crippen LogP contribution is -2.39. The van der Waals surface area contributed by atoms with Gasteiger partial charge in [-0.2, -0.15) is 0 Å². The van der Waals surface area contributed by atoms with Gasteiger partial charge in [0.2, 0.25) is 0 Å². The van der Waals surface area contributed by atoms with Crippen molar-refractivity contribution >= 4 is 6.09 Å². The largest absolute Gasteiger partial charge is 0.444 e. The normalized spacial score (nSPS) is 14.8. The second-order valence-electron chi connectivity index (χ2n) is 5.81. The highest BCUT2D eigenvalue weighted by molar-refractivity contribution is 5.67. The van der Waals surface area contributed by atoms with Gasteiger partial charge in [0.25, 0.3) is 0 Å². The lowest BCUT2D eigenvalue weighted by atomic mass is 9.93. The van der Waals surface area contributed by atoms with Crippen LogP contribution in [0.5, 0.6) is 0 Å². The fraction of sp³-hybridized carbons (Fsp3) is 0.923. The van der Waals surface area contributed by atoms with Crippen LogP contribution in [0.2, 0.25) is 0 Å². The minimum absolute atomic E-state index is 0.0361. The van der Waals surface area contributed by atoms with Crippen molar-refractivity contribution in [2.45, 2.75) is 51.7 Å². The van der Waals surface area contributed by atoms with Crippen LogP contribution in [0.1, 0.15) is 40.0 Å². The van der Waals surface area contributed by atoms with Crippen LogP contribution in [0.25, 0.3) is 0 Å². The summed E-state index contributed by atoms with van der Waals surface area (Å²) in [6.45, 7) is 7.17. The molecule has 2 atom stereocenters. The molecule has 0 aromatic rings. The zero-order chi connectivity index (χ0) is 14.9. The Hall–Kier alpha value is -0.850. The first-order chi connectivity index (χ1) is 8.80. The molecule has 0 aliphatic heterocycles. The maximum Gasteiger partial charge on any atom is 0.407 e. The molecular formula is C13H30N4O2. The summed E-state index contributed by atoms with van der Waals surface area (Å²) in [7, 11) is 0. The van der Waals surface area contributed by atoms with Crippen LogP contribution in [0, 0.1) is 5.92 Å². The predicted octanol–water partition coefficient (Wildman–Crippen LogP) is 0.542. The van der Waals surface area contributed by atoms with Crippen molar-refractivity contribution in [2.24, 2.45) is 23.1 Å². The molecule has 114 valence electrons. The number of alkyl carbamates (subject to hydrolysis) is 1. The molecule has 7 N–H and O–H groups in total. The zero-order valence-corrected chi connectivity index (χ0v) is 12.4. The molecule has 6 nitrogen and oxygen atoms in total. The van der Waals surface area contributed by atoms with E-state index in [4.69, 9.17) is 21.9 Å². The first-order valence-electron chi connectivity index (χ1n) is 6.92. The molecule has 6 heteroatoms. The number of nitrogens with two attached hydrogens (primary N) is 3. The molecule has 0 aromatic heterocycles. The Labute approximate surface area is 116 Å². The number of ether oxygens (including phenoxy) is 1. The van der Waals surface area contributed by atoms with E-state index in [1.165, 1.54) is 0 Å². The van der Waals surface area contributed by atoms with E-state index in [1.807, 2.05) is 20.8 Å². The summed E-state index contributed by atoms with van der Waals surface area (Å²) in [4.78, 5) is 11.5. The lowest BCUT2D eigenvalue weighted by molar-refractivity contribution is 0.0524. The monoisotopic (exact) mass is 274 g/mol. The van der Waals surface area contributed by atoms with Crippen LogP contribution in [0.15, 0.2) is 0 Å². The van der Waals surface area contributed by atoms with E-state index in [0.29, 0.717) is 19.6 Å². The van der Waals surface area contributed by atoms with Gasteiger partial charge in [0.15, 0.2) is 0 Å². The fourth-order valence-corrected chi connectivity index (χ4v) is 1.77. The van der Waals surface area contributed by atoms with E-state index in [1.54, 1.807) is 0 Å². The molecule has 0 saturated carbocycles. The van der Waals surface area contributed by atoms with Gasteiger partial charge in [-0.1, -0.05) is 0 Å².